The summed E-state index contributed by atoms with van der Waals surface area (Å²) in [6.07, 6.45) is 4.52. The standard InChI is InChI=1S/C51H59F3N10O2/c1-2-40-34-63(30-27-57-40)43-16-10-36(11-17-43)18-26-59-50(66)39-31-38-21-29-62(48(38)60-33-39)28-4-3-22-58-49(65)37-12-14-41(15-13-37)56-23-6-7-44-32-45-46(61-42-19-24-55-25-20-42)8-5-9-47(45)64(44)35-51(52,53)54/h5,8-17,21,29,31-33,40,42,55-57,61H,2-4,18-20,22-28,30,34-35H2,1H3,(H,58,65)(H,59,66)/t40-/m1/s1. The van der Waals surface area contributed by atoms with E-state index in [4.69, 9.17) is 0 Å². The smallest absolute Gasteiger partial charge is 0.382 e. The fourth-order valence-electron chi connectivity index (χ4n) is 8.79. The van der Waals surface area contributed by atoms with Gasteiger partial charge in [-0.25, -0.2) is 4.98 Å². The number of piperidine rings is 1. The van der Waals surface area contributed by atoms with Crippen LogP contribution in [0.25, 0.3) is 21.9 Å². The molecule has 0 spiro atoms. The highest BCUT2D eigenvalue weighted by molar-refractivity contribution is 5.97. The number of hydrogen-bond acceptors (Lipinski definition) is 8. The molecule has 3 aromatic carbocycles. The summed E-state index contributed by atoms with van der Waals surface area (Å²) >= 11 is 0. The van der Waals surface area contributed by atoms with Gasteiger partial charge in [0.25, 0.3) is 11.8 Å². The minimum absolute atomic E-state index is 0.146. The van der Waals surface area contributed by atoms with Gasteiger partial charge in [-0.3, -0.25) is 9.59 Å². The number of fused-ring (bicyclic) bond motifs is 2. The maximum Gasteiger partial charge on any atom is 0.406 e. The average Bonchev–Trinajstić information content (AvgIpc) is 3.90. The van der Waals surface area contributed by atoms with Gasteiger partial charge in [0.15, 0.2) is 0 Å². The van der Waals surface area contributed by atoms with Crippen molar-refractivity contribution < 1.29 is 22.8 Å². The quantitative estimate of drug-likeness (QED) is 0.0409. The van der Waals surface area contributed by atoms with Crippen molar-refractivity contribution in [2.45, 2.75) is 76.8 Å². The summed E-state index contributed by atoms with van der Waals surface area (Å²) < 4.78 is 44.4. The van der Waals surface area contributed by atoms with Gasteiger partial charge in [0.05, 0.1) is 23.3 Å². The molecule has 2 aliphatic heterocycles. The molecular weight excluding hydrogens is 842 g/mol. The molecule has 2 amide bonds. The Morgan fingerprint density at radius 1 is 0.894 bits per heavy atom. The van der Waals surface area contributed by atoms with Crippen LogP contribution in [0, 0.1) is 11.8 Å². The molecule has 0 unspecified atom stereocenters. The first kappa shape index (κ1) is 46.0. The third-order valence-corrected chi connectivity index (χ3v) is 12.5. The largest absolute Gasteiger partial charge is 0.406 e. The molecule has 0 aliphatic carbocycles. The number of amides is 2. The second-order valence-electron chi connectivity index (χ2n) is 17.2. The number of aryl methyl sites for hydroxylation is 1. The third-order valence-electron chi connectivity index (χ3n) is 12.5. The summed E-state index contributed by atoms with van der Waals surface area (Å²) in [6.45, 7) is 7.87. The number of benzene rings is 3. The molecule has 1 atom stereocenters. The molecule has 2 aliphatic rings. The zero-order chi connectivity index (χ0) is 45.9. The third kappa shape index (κ3) is 12.0. The zero-order valence-corrected chi connectivity index (χ0v) is 37.4. The van der Waals surface area contributed by atoms with Crippen molar-refractivity contribution in [1.82, 2.24) is 35.4 Å². The highest BCUT2D eigenvalue weighted by atomic mass is 19.4. The monoisotopic (exact) mass is 900 g/mol. The van der Waals surface area contributed by atoms with Crippen molar-refractivity contribution in [3.05, 3.63) is 120 Å². The number of hydrogen-bond donors (Lipinski definition) is 6. The zero-order valence-electron chi connectivity index (χ0n) is 37.4. The molecule has 12 nitrogen and oxygen atoms in total. The van der Waals surface area contributed by atoms with Crippen LogP contribution in [0.3, 0.4) is 0 Å². The van der Waals surface area contributed by atoms with Gasteiger partial charge in [-0.2, -0.15) is 13.2 Å². The summed E-state index contributed by atoms with van der Waals surface area (Å²) in [6, 6.07) is 27.4. The van der Waals surface area contributed by atoms with Crippen molar-refractivity contribution in [3.63, 3.8) is 0 Å². The number of halogens is 3. The number of rotatable bonds is 17. The first-order valence-corrected chi connectivity index (χ1v) is 23.2. The Morgan fingerprint density at radius 3 is 2.47 bits per heavy atom. The molecule has 0 radical (unpaired) electrons. The number of carbonyl (C=O) groups excluding carboxylic acids is 2. The first-order chi connectivity index (χ1) is 32.1. The molecule has 2 fully saturated rings. The number of alkyl halides is 3. The van der Waals surface area contributed by atoms with Crippen molar-refractivity contribution in [1.29, 1.82) is 0 Å². The molecule has 2 saturated heterocycles. The van der Waals surface area contributed by atoms with E-state index in [0.29, 0.717) is 41.5 Å². The van der Waals surface area contributed by atoms with Gasteiger partial charge in [-0.15, -0.1) is 0 Å². The molecule has 15 heteroatoms. The lowest BCUT2D eigenvalue weighted by Gasteiger charge is -2.35. The van der Waals surface area contributed by atoms with Crippen LogP contribution in [0.1, 0.15) is 71.0 Å². The van der Waals surface area contributed by atoms with E-state index in [-0.39, 0.29) is 24.4 Å². The summed E-state index contributed by atoms with van der Waals surface area (Å²) in [4.78, 5) is 32.9. The van der Waals surface area contributed by atoms with Crippen LogP contribution in [0.5, 0.6) is 0 Å². The van der Waals surface area contributed by atoms with Gasteiger partial charge in [-0.05, 0) is 130 Å². The normalized spacial score (nSPS) is 15.6. The van der Waals surface area contributed by atoms with Gasteiger partial charge in [-0.1, -0.05) is 31.0 Å². The lowest BCUT2D eigenvalue weighted by molar-refractivity contribution is -0.140. The molecule has 8 rings (SSSR count). The van der Waals surface area contributed by atoms with E-state index in [1.807, 2.05) is 24.4 Å². The number of nitrogens with zero attached hydrogens (tertiary/aromatic N) is 4. The maximum atomic E-state index is 13.7. The Labute approximate surface area is 384 Å². The van der Waals surface area contributed by atoms with Gasteiger partial charge in [0.2, 0.25) is 0 Å². The number of piperazine rings is 1. The fraction of sp³-hybridized carbons (Fsp3) is 0.392. The van der Waals surface area contributed by atoms with Crippen molar-refractivity contribution in [2.24, 2.45) is 0 Å². The number of nitrogens with one attached hydrogen (secondary N) is 6. The lowest BCUT2D eigenvalue weighted by atomic mass is 10.1. The van der Waals surface area contributed by atoms with Gasteiger partial charge in [0.1, 0.15) is 12.2 Å². The van der Waals surface area contributed by atoms with Crippen LogP contribution < -0.4 is 36.8 Å². The number of unbranched alkanes of at least 4 members (excludes halogenated alkanes) is 1. The highest BCUT2D eigenvalue weighted by Crippen LogP contribution is 2.31. The van der Waals surface area contributed by atoms with Gasteiger partial charge in [0, 0.05) is 97.1 Å². The van der Waals surface area contributed by atoms with Crippen LogP contribution in [0.4, 0.5) is 30.2 Å². The summed E-state index contributed by atoms with van der Waals surface area (Å²) in [5.41, 5.74) is 6.60. The Morgan fingerprint density at radius 2 is 1.68 bits per heavy atom. The van der Waals surface area contributed by atoms with E-state index in [1.165, 1.54) is 15.8 Å². The first-order valence-electron chi connectivity index (χ1n) is 23.2. The summed E-state index contributed by atoms with van der Waals surface area (Å²) in [7, 11) is 0. The molecule has 3 aromatic heterocycles. The van der Waals surface area contributed by atoms with Gasteiger partial charge >= 0.3 is 6.18 Å². The second-order valence-corrected chi connectivity index (χ2v) is 17.2. The van der Waals surface area contributed by atoms with E-state index < -0.39 is 12.7 Å². The van der Waals surface area contributed by atoms with Crippen LogP contribution in [-0.4, -0.2) is 96.6 Å². The second kappa shape index (κ2) is 21.7. The van der Waals surface area contributed by atoms with Gasteiger partial charge < -0.3 is 45.9 Å². The summed E-state index contributed by atoms with van der Waals surface area (Å²) in [5.74, 6) is 5.62. The molecule has 6 aromatic rings. The Kier molecular flexibility index (Phi) is 15.1. The predicted octanol–water partition coefficient (Wildman–Crippen LogP) is 7.55. The van der Waals surface area contributed by atoms with Crippen LogP contribution in [0.15, 0.2) is 97.3 Å². The average molecular weight is 901 g/mol. The number of anilines is 3. The molecule has 6 N–H and O–H groups in total. The molecular formula is C51H59F3N10O2. The van der Waals surface area contributed by atoms with E-state index in [2.05, 4.69) is 89.4 Å². The molecule has 0 saturated carbocycles. The van der Waals surface area contributed by atoms with E-state index in [0.717, 1.165) is 106 Å². The summed E-state index contributed by atoms with van der Waals surface area (Å²) in [5, 5.41) is 21.3. The minimum atomic E-state index is -4.41. The van der Waals surface area contributed by atoms with Crippen molar-refractivity contribution in [3.8, 4) is 11.8 Å². The topological polar surface area (TPSA) is 132 Å². The van der Waals surface area contributed by atoms with Crippen LogP contribution in [0.2, 0.25) is 0 Å². The molecule has 346 valence electrons. The van der Waals surface area contributed by atoms with Crippen LogP contribution in [-0.2, 0) is 19.5 Å². The van der Waals surface area contributed by atoms with E-state index >= 15 is 0 Å². The fourth-order valence-corrected chi connectivity index (χ4v) is 8.79. The Bertz CT molecular complexity index is 2640. The van der Waals surface area contributed by atoms with E-state index in [9.17, 15) is 22.8 Å². The lowest BCUT2D eigenvalue weighted by Crippen LogP contribution is -2.50. The SMILES string of the molecule is CC[C@@H]1CN(c2ccc(CCNC(=O)c3cnc4c(ccn4CCCCNC(=O)c4ccc(NCC#Cc5cc6c(NC7CCNCC7)cccc6n5CC(F)(F)F)cc4)c3)cc2)CCN1. The highest BCUT2D eigenvalue weighted by Gasteiger charge is 2.30. The van der Waals surface area contributed by atoms with E-state index in [1.54, 1.807) is 48.7 Å². The number of carbonyl (C=O) groups is 2. The van der Waals surface area contributed by atoms with Crippen molar-refractivity contribution in [2.75, 3.05) is 67.9 Å². The number of aromatic nitrogens is 3. The Hall–Kier alpha value is -6.50. The minimum Gasteiger partial charge on any atom is -0.382 e. The van der Waals surface area contributed by atoms with Crippen LogP contribution >= 0.6 is 0 Å². The molecule has 5 heterocycles. The number of pyridine rings is 1. The molecule has 0 bridgehead atoms. The van der Waals surface area contributed by atoms with Crippen molar-refractivity contribution >= 4 is 50.8 Å². The maximum absolute atomic E-state index is 13.7. The predicted molar refractivity (Wildman–Crippen MR) is 257 cm³/mol. The Balaban J connectivity index is 0.753. The molecule has 66 heavy (non-hydrogen) atoms.